The van der Waals surface area contributed by atoms with Crippen LogP contribution in [0, 0.1) is 0 Å². The van der Waals surface area contributed by atoms with Crippen molar-refractivity contribution in [2.45, 2.75) is 26.2 Å². The second-order valence-corrected chi connectivity index (χ2v) is 3.06. The van der Waals surface area contributed by atoms with Crippen LogP contribution >= 0.6 is 0 Å². The highest BCUT2D eigenvalue weighted by Crippen LogP contribution is 2.01. The minimum Gasteiger partial charge on any atom is -0.478 e. The van der Waals surface area contributed by atoms with Crippen LogP contribution in [0.3, 0.4) is 0 Å². The molecule has 1 N–H and O–H groups in total. The number of carboxylic acid groups (broad SMARTS) is 1. The van der Waals surface area contributed by atoms with E-state index in [1.54, 1.807) is 13.0 Å². The zero-order valence-corrected chi connectivity index (χ0v) is 8.86. The quantitative estimate of drug-likeness (QED) is 0.398. The number of hydrogen-bond acceptors (Lipinski definition) is 3. The third-order valence-electron chi connectivity index (χ3n) is 1.80. The van der Waals surface area contributed by atoms with Crippen LogP contribution < -0.4 is 0 Å². The smallest absolute Gasteiger partial charge is 0.330 e. The number of hydrogen-bond donors (Lipinski definition) is 1. The van der Waals surface area contributed by atoms with Crippen molar-refractivity contribution in [2.75, 3.05) is 6.61 Å². The summed E-state index contributed by atoms with van der Waals surface area (Å²) in [4.78, 5) is 21.0. The number of ether oxygens (including phenoxy) is 1. The van der Waals surface area contributed by atoms with Crippen molar-refractivity contribution in [2.24, 2.45) is 0 Å². The van der Waals surface area contributed by atoms with Crippen LogP contribution in [0.4, 0.5) is 0 Å². The van der Waals surface area contributed by atoms with Crippen molar-refractivity contribution < 1.29 is 19.4 Å². The van der Waals surface area contributed by atoms with Crippen LogP contribution in [0.2, 0.25) is 0 Å². The van der Waals surface area contributed by atoms with Crippen molar-refractivity contribution in [3.8, 4) is 0 Å². The van der Waals surface area contributed by atoms with Crippen LogP contribution in [0.5, 0.6) is 0 Å². The first-order chi connectivity index (χ1) is 7.07. The molecule has 0 aliphatic heterocycles. The molecule has 15 heavy (non-hydrogen) atoms. The summed E-state index contributed by atoms with van der Waals surface area (Å²) in [5.41, 5.74) is 0.345. The first-order valence-electron chi connectivity index (χ1n) is 4.77. The zero-order valence-electron chi connectivity index (χ0n) is 8.86. The van der Waals surface area contributed by atoms with E-state index in [9.17, 15) is 9.59 Å². The van der Waals surface area contributed by atoms with E-state index in [1.165, 1.54) is 0 Å². The summed E-state index contributed by atoms with van der Waals surface area (Å²) in [5.74, 6) is -1.32. The highest BCUT2D eigenvalue weighted by molar-refractivity contribution is 5.85. The lowest BCUT2D eigenvalue weighted by molar-refractivity contribution is -0.137. The minimum atomic E-state index is -0.895. The monoisotopic (exact) mass is 212 g/mol. The summed E-state index contributed by atoms with van der Waals surface area (Å²) in [7, 11) is 0. The maximum Gasteiger partial charge on any atom is 0.330 e. The fourth-order valence-corrected chi connectivity index (χ4v) is 0.884. The molecule has 0 saturated carbocycles. The molecular formula is C11H16O4. The molecule has 0 bridgehead atoms. The van der Waals surface area contributed by atoms with Crippen LogP contribution in [0.25, 0.3) is 0 Å². The molecule has 0 amide bonds. The Hall–Kier alpha value is -1.58. The van der Waals surface area contributed by atoms with Crippen molar-refractivity contribution in [3.05, 3.63) is 24.3 Å². The van der Waals surface area contributed by atoms with E-state index in [2.05, 4.69) is 6.58 Å². The van der Waals surface area contributed by atoms with Crippen molar-refractivity contribution >= 4 is 11.9 Å². The van der Waals surface area contributed by atoms with Crippen molar-refractivity contribution in [1.82, 2.24) is 0 Å². The standard InChI is InChI=1S/C11H16O4/c1-3-10(12)15-8-6-4-5-7-9(2)11(13)14/h3,7H,1,4-6,8H2,2H3,(H,13,14). The van der Waals surface area contributed by atoms with Gasteiger partial charge in [-0.1, -0.05) is 12.7 Å². The Kier molecular flexibility index (Phi) is 6.97. The highest BCUT2D eigenvalue weighted by Gasteiger charge is 1.98. The zero-order chi connectivity index (χ0) is 11.7. The number of unbranched alkanes of at least 4 members (excludes halogenated alkanes) is 2. The van der Waals surface area contributed by atoms with Crippen LogP contribution in [-0.2, 0) is 14.3 Å². The van der Waals surface area contributed by atoms with Gasteiger partial charge in [-0.25, -0.2) is 9.59 Å². The van der Waals surface area contributed by atoms with Gasteiger partial charge in [-0.05, 0) is 26.2 Å². The van der Waals surface area contributed by atoms with Crippen LogP contribution in [0.15, 0.2) is 24.3 Å². The number of carbonyl (C=O) groups is 2. The molecule has 0 saturated heterocycles. The fraction of sp³-hybridized carbons (Fsp3) is 0.455. The van der Waals surface area contributed by atoms with Gasteiger partial charge in [0.25, 0.3) is 0 Å². The molecule has 0 aliphatic rings. The Balaban J connectivity index is 3.47. The molecule has 0 fully saturated rings. The number of allylic oxidation sites excluding steroid dienone is 1. The number of carboxylic acids is 1. The van der Waals surface area contributed by atoms with E-state index in [4.69, 9.17) is 9.84 Å². The summed E-state index contributed by atoms with van der Waals surface area (Å²) in [6.07, 6.45) is 4.99. The molecule has 84 valence electrons. The molecule has 4 heteroatoms. The van der Waals surface area contributed by atoms with Gasteiger partial charge in [0.1, 0.15) is 0 Å². The van der Waals surface area contributed by atoms with Crippen molar-refractivity contribution in [3.63, 3.8) is 0 Å². The summed E-state index contributed by atoms with van der Waals surface area (Å²) in [6, 6.07) is 0. The average molecular weight is 212 g/mol. The molecule has 0 aromatic carbocycles. The molecule has 0 heterocycles. The molecule has 0 atom stereocenters. The molecule has 0 unspecified atom stereocenters. The Labute approximate surface area is 89.2 Å². The first kappa shape index (κ1) is 13.4. The maximum atomic E-state index is 10.6. The molecule has 4 nitrogen and oxygen atoms in total. The number of esters is 1. The van der Waals surface area contributed by atoms with E-state index in [0.717, 1.165) is 18.9 Å². The van der Waals surface area contributed by atoms with Gasteiger partial charge in [-0.15, -0.1) is 0 Å². The van der Waals surface area contributed by atoms with Gasteiger partial charge in [0.2, 0.25) is 0 Å². The predicted octanol–water partition coefficient (Wildman–Crippen LogP) is 1.92. The van der Waals surface area contributed by atoms with Crippen molar-refractivity contribution in [1.29, 1.82) is 0 Å². The highest BCUT2D eigenvalue weighted by atomic mass is 16.5. The fourth-order valence-electron chi connectivity index (χ4n) is 0.884. The van der Waals surface area contributed by atoms with Gasteiger partial charge in [0.05, 0.1) is 6.61 Å². The lowest BCUT2D eigenvalue weighted by atomic mass is 10.2. The van der Waals surface area contributed by atoms with Gasteiger partial charge >= 0.3 is 11.9 Å². The molecule has 0 aromatic rings. The Morgan fingerprint density at radius 3 is 2.60 bits per heavy atom. The third kappa shape index (κ3) is 7.49. The molecular weight excluding hydrogens is 196 g/mol. The predicted molar refractivity (Wildman–Crippen MR) is 56.4 cm³/mol. The number of carbonyl (C=O) groups excluding carboxylic acids is 1. The average Bonchev–Trinajstić information content (AvgIpc) is 2.22. The largest absolute Gasteiger partial charge is 0.478 e. The Bertz CT molecular complexity index is 266. The van der Waals surface area contributed by atoms with E-state index < -0.39 is 11.9 Å². The van der Waals surface area contributed by atoms with Gasteiger partial charge in [0.15, 0.2) is 0 Å². The number of aliphatic carboxylic acids is 1. The molecule has 0 aromatic heterocycles. The summed E-state index contributed by atoms with van der Waals surface area (Å²) < 4.78 is 4.75. The van der Waals surface area contributed by atoms with Crippen LogP contribution in [-0.4, -0.2) is 23.7 Å². The molecule has 0 spiro atoms. The first-order valence-corrected chi connectivity index (χ1v) is 4.77. The lowest BCUT2D eigenvalue weighted by Crippen LogP contribution is -2.01. The second kappa shape index (κ2) is 7.79. The summed E-state index contributed by atoms with van der Waals surface area (Å²) in [5, 5.41) is 8.54. The maximum absolute atomic E-state index is 10.6. The van der Waals surface area contributed by atoms with E-state index >= 15 is 0 Å². The molecule has 0 aliphatic carbocycles. The topological polar surface area (TPSA) is 63.6 Å². The van der Waals surface area contributed by atoms with Gasteiger partial charge < -0.3 is 9.84 Å². The second-order valence-electron chi connectivity index (χ2n) is 3.06. The lowest BCUT2D eigenvalue weighted by Gasteiger charge is -2.00. The SMILES string of the molecule is C=CC(=O)OCCCCC=C(C)C(=O)O. The minimum absolute atomic E-state index is 0.345. The van der Waals surface area contributed by atoms with Crippen LogP contribution in [0.1, 0.15) is 26.2 Å². The van der Waals surface area contributed by atoms with E-state index in [1.807, 2.05) is 0 Å². The summed E-state index contributed by atoms with van der Waals surface area (Å²) >= 11 is 0. The van der Waals surface area contributed by atoms with E-state index in [-0.39, 0.29) is 0 Å². The van der Waals surface area contributed by atoms with E-state index in [0.29, 0.717) is 18.6 Å². The Morgan fingerprint density at radius 1 is 1.40 bits per heavy atom. The van der Waals surface area contributed by atoms with Gasteiger partial charge in [0, 0.05) is 11.6 Å². The number of rotatable bonds is 7. The Morgan fingerprint density at radius 2 is 2.07 bits per heavy atom. The summed E-state index contributed by atoms with van der Waals surface area (Å²) in [6.45, 7) is 5.18. The third-order valence-corrected chi connectivity index (χ3v) is 1.80. The molecule has 0 radical (unpaired) electrons. The van der Waals surface area contributed by atoms with Gasteiger partial charge in [-0.2, -0.15) is 0 Å². The van der Waals surface area contributed by atoms with Gasteiger partial charge in [-0.3, -0.25) is 0 Å². The normalized spacial score (nSPS) is 10.9. The molecule has 0 rings (SSSR count).